The average molecular weight is 468 g/mol. The molecule has 3 aromatic heterocycles. The van der Waals surface area contributed by atoms with Crippen molar-refractivity contribution < 1.29 is 18.0 Å². The lowest BCUT2D eigenvalue weighted by Crippen LogP contribution is -2.31. The number of nitrogens with one attached hydrogen (secondary N) is 1. The van der Waals surface area contributed by atoms with Crippen molar-refractivity contribution in [2.24, 2.45) is 5.92 Å². The van der Waals surface area contributed by atoms with Crippen LogP contribution in [-0.4, -0.2) is 36.2 Å². The first-order chi connectivity index (χ1) is 16.3. The Hall–Kier alpha value is -3.69. The Bertz CT molecular complexity index is 1340. The average Bonchev–Trinajstić information content (AvgIpc) is 3.43. The minimum atomic E-state index is -4.18. The number of rotatable bonds is 5. The largest absolute Gasteiger partial charge is 0.392 e. The van der Waals surface area contributed by atoms with Crippen LogP contribution in [0.1, 0.15) is 40.8 Å². The van der Waals surface area contributed by atoms with Gasteiger partial charge in [-0.3, -0.25) is 13.9 Å². The van der Waals surface area contributed by atoms with Gasteiger partial charge in [0.05, 0.1) is 17.3 Å². The van der Waals surface area contributed by atoms with Crippen molar-refractivity contribution in [3.63, 3.8) is 0 Å². The summed E-state index contributed by atoms with van der Waals surface area (Å²) in [6, 6.07) is 11.0. The smallest absolute Gasteiger partial charge is 0.347 e. The Morgan fingerprint density at radius 1 is 1.24 bits per heavy atom. The summed E-state index contributed by atoms with van der Waals surface area (Å²) in [6.07, 6.45) is -0.161. The monoisotopic (exact) mass is 468 g/mol. The molecule has 0 unspecified atom stereocenters. The van der Waals surface area contributed by atoms with Crippen molar-refractivity contribution in [1.29, 1.82) is 0 Å². The van der Waals surface area contributed by atoms with Crippen LogP contribution in [0.15, 0.2) is 48.8 Å². The number of carbonyl (C=O) groups excluding carboxylic acids is 1. The maximum absolute atomic E-state index is 13.1. The highest BCUT2D eigenvalue weighted by Crippen LogP contribution is 2.35. The van der Waals surface area contributed by atoms with E-state index in [0.29, 0.717) is 41.5 Å². The van der Waals surface area contributed by atoms with Gasteiger partial charge in [-0.05, 0) is 30.5 Å². The molecule has 1 atom stereocenters. The first-order valence-corrected chi connectivity index (χ1v) is 11.2. The molecule has 34 heavy (non-hydrogen) atoms. The topological polar surface area (TPSA) is 77.1 Å². The second kappa shape index (κ2) is 8.58. The molecule has 0 bridgehead atoms. The standard InChI is InChI=1S/C24H23F3N6O/c1-2-19-21(32-10-3-9-28-23(32)30-19)22(34)29-14-15-4-6-16(7-5-15)20-13-18-12-17(24(25,26)27)8-11-33(18)31-20/h3-7,9-10,13,17H,2,8,11-12,14H2,1H3,(H,29,34)/t17-/m1/s1. The molecule has 4 heterocycles. The van der Waals surface area contributed by atoms with Crippen LogP contribution >= 0.6 is 0 Å². The summed E-state index contributed by atoms with van der Waals surface area (Å²) in [7, 11) is 0. The third-order valence-corrected chi connectivity index (χ3v) is 6.20. The van der Waals surface area contributed by atoms with E-state index in [1.807, 2.05) is 31.2 Å². The lowest BCUT2D eigenvalue weighted by molar-refractivity contribution is -0.179. The van der Waals surface area contributed by atoms with Crippen LogP contribution in [0.2, 0.25) is 0 Å². The van der Waals surface area contributed by atoms with Crippen molar-refractivity contribution in [3.8, 4) is 11.3 Å². The summed E-state index contributed by atoms with van der Waals surface area (Å²) in [4.78, 5) is 21.5. The highest BCUT2D eigenvalue weighted by molar-refractivity contribution is 5.94. The van der Waals surface area contributed by atoms with Crippen molar-refractivity contribution in [3.05, 3.63) is 71.4 Å². The molecule has 7 nitrogen and oxygen atoms in total. The van der Waals surface area contributed by atoms with E-state index >= 15 is 0 Å². The molecule has 0 saturated carbocycles. The number of halogens is 3. The van der Waals surface area contributed by atoms with Crippen LogP contribution in [0, 0.1) is 5.92 Å². The van der Waals surface area contributed by atoms with E-state index in [-0.39, 0.29) is 25.3 Å². The fourth-order valence-corrected chi connectivity index (χ4v) is 4.35. The van der Waals surface area contributed by atoms with Gasteiger partial charge in [-0.25, -0.2) is 9.97 Å². The number of aryl methyl sites for hydroxylation is 2. The molecule has 1 aliphatic rings. The molecule has 10 heteroatoms. The van der Waals surface area contributed by atoms with Crippen LogP contribution < -0.4 is 5.32 Å². The molecule has 1 aromatic carbocycles. The molecule has 0 spiro atoms. The molecule has 0 fully saturated rings. The minimum Gasteiger partial charge on any atom is -0.347 e. The van der Waals surface area contributed by atoms with Gasteiger partial charge in [0.2, 0.25) is 5.78 Å². The van der Waals surface area contributed by atoms with Crippen molar-refractivity contribution in [2.75, 3.05) is 0 Å². The highest BCUT2D eigenvalue weighted by atomic mass is 19.4. The van der Waals surface area contributed by atoms with Crippen LogP contribution in [0.3, 0.4) is 0 Å². The van der Waals surface area contributed by atoms with Gasteiger partial charge in [-0.2, -0.15) is 18.3 Å². The summed E-state index contributed by atoms with van der Waals surface area (Å²) in [5, 5.41) is 7.42. The van der Waals surface area contributed by atoms with Gasteiger partial charge in [0.25, 0.3) is 5.91 Å². The number of amides is 1. The molecule has 1 aliphatic heterocycles. The minimum absolute atomic E-state index is 0.0425. The summed E-state index contributed by atoms with van der Waals surface area (Å²) < 4.78 is 42.6. The molecular formula is C24H23F3N6O. The molecule has 4 aromatic rings. The zero-order valence-electron chi connectivity index (χ0n) is 18.5. The van der Waals surface area contributed by atoms with E-state index in [1.54, 1.807) is 33.6 Å². The maximum atomic E-state index is 13.1. The van der Waals surface area contributed by atoms with Gasteiger partial charge >= 0.3 is 6.18 Å². The summed E-state index contributed by atoms with van der Waals surface area (Å²) in [5.74, 6) is -1.06. The van der Waals surface area contributed by atoms with Crippen LogP contribution in [-0.2, 0) is 25.9 Å². The van der Waals surface area contributed by atoms with Gasteiger partial charge in [0, 0.05) is 43.2 Å². The van der Waals surface area contributed by atoms with E-state index in [0.717, 1.165) is 11.1 Å². The van der Waals surface area contributed by atoms with E-state index in [4.69, 9.17) is 0 Å². The van der Waals surface area contributed by atoms with Crippen LogP contribution in [0.25, 0.3) is 17.0 Å². The predicted molar refractivity (Wildman–Crippen MR) is 119 cm³/mol. The lowest BCUT2D eigenvalue weighted by atomic mass is 9.95. The number of nitrogens with zero attached hydrogens (tertiary/aromatic N) is 5. The molecule has 5 rings (SSSR count). The molecular weight excluding hydrogens is 445 g/mol. The summed E-state index contributed by atoms with van der Waals surface area (Å²) in [5.41, 5.74) is 4.13. The van der Waals surface area contributed by atoms with Gasteiger partial charge in [0.15, 0.2) is 0 Å². The zero-order valence-corrected chi connectivity index (χ0v) is 18.5. The summed E-state index contributed by atoms with van der Waals surface area (Å²) in [6.45, 7) is 2.53. The Morgan fingerprint density at radius 2 is 2.03 bits per heavy atom. The SMILES string of the molecule is CCc1nc2ncccn2c1C(=O)NCc1ccc(-c2cc3n(n2)CC[C@@H](C(F)(F)F)C3)cc1. The quantitative estimate of drug-likeness (QED) is 0.476. The Morgan fingerprint density at radius 3 is 2.76 bits per heavy atom. The number of hydrogen-bond acceptors (Lipinski definition) is 4. The second-order valence-corrected chi connectivity index (χ2v) is 8.41. The number of carbonyl (C=O) groups is 1. The van der Waals surface area contributed by atoms with Gasteiger partial charge in [0.1, 0.15) is 5.69 Å². The highest BCUT2D eigenvalue weighted by Gasteiger charge is 2.41. The zero-order chi connectivity index (χ0) is 23.9. The fraction of sp³-hybridized carbons (Fsp3) is 0.333. The lowest BCUT2D eigenvalue weighted by Gasteiger charge is -2.25. The van der Waals surface area contributed by atoms with Crippen molar-refractivity contribution >= 4 is 11.7 Å². The predicted octanol–water partition coefficient (Wildman–Crippen LogP) is 4.21. The molecule has 0 saturated heterocycles. The molecule has 0 aliphatic carbocycles. The first-order valence-electron chi connectivity index (χ1n) is 11.2. The third-order valence-electron chi connectivity index (χ3n) is 6.20. The second-order valence-electron chi connectivity index (χ2n) is 8.41. The first kappa shape index (κ1) is 22.1. The van der Waals surface area contributed by atoms with Gasteiger partial charge < -0.3 is 5.32 Å². The van der Waals surface area contributed by atoms with E-state index in [9.17, 15) is 18.0 Å². The Kier molecular flexibility index (Phi) is 5.59. The number of aromatic nitrogens is 5. The number of imidazole rings is 1. The number of benzene rings is 1. The van der Waals surface area contributed by atoms with Gasteiger partial charge in [-0.1, -0.05) is 31.2 Å². The fourth-order valence-electron chi connectivity index (χ4n) is 4.35. The normalized spacial score (nSPS) is 15.9. The molecule has 176 valence electrons. The third kappa shape index (κ3) is 4.15. The van der Waals surface area contributed by atoms with E-state index in [2.05, 4.69) is 20.4 Å². The Labute approximate surface area is 193 Å². The molecule has 1 N–H and O–H groups in total. The van der Waals surface area contributed by atoms with Crippen molar-refractivity contribution in [2.45, 2.75) is 45.5 Å². The molecule has 1 amide bonds. The van der Waals surface area contributed by atoms with Crippen LogP contribution in [0.4, 0.5) is 13.2 Å². The van der Waals surface area contributed by atoms with E-state index in [1.165, 1.54) is 0 Å². The Balaban J connectivity index is 1.27. The van der Waals surface area contributed by atoms with Gasteiger partial charge in [-0.15, -0.1) is 0 Å². The number of alkyl halides is 3. The molecule has 0 radical (unpaired) electrons. The summed E-state index contributed by atoms with van der Waals surface area (Å²) >= 11 is 0. The maximum Gasteiger partial charge on any atom is 0.392 e. The van der Waals surface area contributed by atoms with Crippen molar-refractivity contribution in [1.82, 2.24) is 29.5 Å². The number of hydrogen-bond donors (Lipinski definition) is 1. The number of fused-ring (bicyclic) bond motifs is 2. The van der Waals surface area contributed by atoms with E-state index < -0.39 is 12.1 Å². The van der Waals surface area contributed by atoms with Crippen LogP contribution in [0.5, 0.6) is 0 Å².